The van der Waals surface area contributed by atoms with Crippen LogP contribution in [0, 0.1) is 6.92 Å². The lowest BCUT2D eigenvalue weighted by molar-refractivity contribution is 0.102. The maximum Gasteiger partial charge on any atom is 0.255 e. The summed E-state index contributed by atoms with van der Waals surface area (Å²) in [6.45, 7) is 2.64. The normalized spacial score (nSPS) is 15.7. The van der Waals surface area contributed by atoms with Crippen LogP contribution in [0.25, 0.3) is 0 Å². The van der Waals surface area contributed by atoms with Gasteiger partial charge in [0.2, 0.25) is 20.0 Å². The van der Waals surface area contributed by atoms with Crippen molar-refractivity contribution in [3.05, 3.63) is 52.5 Å². The van der Waals surface area contributed by atoms with E-state index in [4.69, 9.17) is 16.7 Å². The van der Waals surface area contributed by atoms with Gasteiger partial charge in [-0.3, -0.25) is 4.79 Å². The monoisotopic (exact) mass is 471 g/mol. The van der Waals surface area contributed by atoms with Crippen LogP contribution in [0.5, 0.6) is 0 Å². The molecule has 0 unspecified atom stereocenters. The molecule has 162 valence electrons. The first kappa shape index (κ1) is 22.7. The number of benzene rings is 2. The minimum absolute atomic E-state index is 0.0180. The van der Waals surface area contributed by atoms with E-state index < -0.39 is 26.0 Å². The number of hydrogen-bond acceptors (Lipinski definition) is 5. The van der Waals surface area contributed by atoms with Gasteiger partial charge in [0, 0.05) is 24.3 Å². The summed E-state index contributed by atoms with van der Waals surface area (Å²) in [5.41, 5.74) is 0.860. The van der Waals surface area contributed by atoms with E-state index in [0.29, 0.717) is 18.7 Å². The van der Waals surface area contributed by atoms with Gasteiger partial charge in [0.1, 0.15) is 4.90 Å². The van der Waals surface area contributed by atoms with Crippen LogP contribution >= 0.6 is 11.6 Å². The molecular weight excluding hydrogens is 450 g/mol. The number of primary sulfonamides is 1. The van der Waals surface area contributed by atoms with Crippen molar-refractivity contribution >= 4 is 43.2 Å². The van der Waals surface area contributed by atoms with Crippen molar-refractivity contribution in [1.82, 2.24) is 4.31 Å². The standard InChI is InChI=1S/C19H22ClN3O5S2/c1-13-5-7-15(12-17(13)30(27,28)23-9-3-2-4-10-23)22-19(24)14-6-8-16(20)18(11-14)29(21,25)26/h5-8,11-12H,2-4,9-10H2,1H3,(H,22,24)(H2,21,25,26). The third kappa shape index (κ3) is 4.84. The highest BCUT2D eigenvalue weighted by molar-refractivity contribution is 7.89. The van der Waals surface area contributed by atoms with Crippen molar-refractivity contribution in [1.29, 1.82) is 0 Å². The van der Waals surface area contributed by atoms with E-state index in [1.165, 1.54) is 22.5 Å². The van der Waals surface area contributed by atoms with E-state index in [0.717, 1.165) is 25.3 Å². The number of hydrogen-bond donors (Lipinski definition) is 2. The van der Waals surface area contributed by atoms with E-state index in [1.54, 1.807) is 19.1 Å². The summed E-state index contributed by atoms with van der Waals surface area (Å²) < 4.78 is 50.8. The topological polar surface area (TPSA) is 127 Å². The molecule has 0 aliphatic carbocycles. The number of nitrogens with zero attached hydrogens (tertiary/aromatic N) is 1. The smallest absolute Gasteiger partial charge is 0.255 e. The molecule has 1 heterocycles. The van der Waals surface area contributed by atoms with E-state index >= 15 is 0 Å². The summed E-state index contributed by atoms with van der Waals surface area (Å²) in [5, 5.41) is 7.62. The van der Waals surface area contributed by atoms with Crippen molar-refractivity contribution in [3.8, 4) is 0 Å². The molecule has 1 aliphatic rings. The Bertz CT molecular complexity index is 1190. The number of carbonyl (C=O) groups is 1. The molecule has 30 heavy (non-hydrogen) atoms. The number of amides is 1. The zero-order chi connectivity index (χ0) is 22.1. The van der Waals surface area contributed by atoms with E-state index in [-0.39, 0.29) is 26.1 Å². The molecule has 2 aromatic rings. The largest absolute Gasteiger partial charge is 0.322 e. The van der Waals surface area contributed by atoms with Crippen molar-refractivity contribution in [2.24, 2.45) is 5.14 Å². The molecule has 0 spiro atoms. The lowest BCUT2D eigenvalue weighted by atomic mass is 10.2. The fraction of sp³-hybridized carbons (Fsp3) is 0.316. The van der Waals surface area contributed by atoms with Crippen LogP contribution in [0.2, 0.25) is 5.02 Å². The number of rotatable bonds is 5. The molecule has 3 rings (SSSR count). The third-order valence-electron chi connectivity index (χ3n) is 4.88. The lowest BCUT2D eigenvalue weighted by Gasteiger charge is -2.26. The molecule has 0 atom stereocenters. The van der Waals surface area contributed by atoms with Crippen LogP contribution < -0.4 is 10.5 Å². The number of nitrogens with two attached hydrogens (primary N) is 1. The number of anilines is 1. The van der Waals surface area contributed by atoms with Gasteiger partial charge in [-0.15, -0.1) is 0 Å². The number of piperidine rings is 1. The summed E-state index contributed by atoms with van der Waals surface area (Å²) in [7, 11) is -7.78. The Morgan fingerprint density at radius 3 is 2.30 bits per heavy atom. The quantitative estimate of drug-likeness (QED) is 0.693. The van der Waals surface area contributed by atoms with Crippen molar-refractivity contribution in [2.45, 2.75) is 36.0 Å². The molecule has 3 N–H and O–H groups in total. The molecule has 1 aliphatic heterocycles. The Balaban J connectivity index is 1.90. The summed E-state index contributed by atoms with van der Waals surface area (Å²) in [6, 6.07) is 8.30. The van der Waals surface area contributed by atoms with Crippen LogP contribution in [0.4, 0.5) is 5.69 Å². The van der Waals surface area contributed by atoms with Gasteiger partial charge in [0.25, 0.3) is 5.91 Å². The van der Waals surface area contributed by atoms with Crippen molar-refractivity contribution in [3.63, 3.8) is 0 Å². The fourth-order valence-electron chi connectivity index (χ4n) is 3.27. The molecule has 0 aromatic heterocycles. The van der Waals surface area contributed by atoms with Crippen LogP contribution in [-0.2, 0) is 20.0 Å². The molecule has 1 saturated heterocycles. The van der Waals surface area contributed by atoms with E-state index in [2.05, 4.69) is 5.32 Å². The van der Waals surface area contributed by atoms with Gasteiger partial charge in [-0.05, 0) is 55.7 Å². The lowest BCUT2D eigenvalue weighted by Crippen LogP contribution is -2.36. The summed E-state index contributed by atoms with van der Waals surface area (Å²) in [4.78, 5) is 12.4. The number of carbonyl (C=O) groups excluding carboxylic acids is 1. The second kappa shape index (κ2) is 8.64. The molecule has 0 radical (unpaired) electrons. The highest BCUT2D eigenvalue weighted by Crippen LogP contribution is 2.27. The first-order valence-electron chi connectivity index (χ1n) is 9.24. The van der Waals surface area contributed by atoms with Crippen LogP contribution in [-0.4, -0.2) is 40.1 Å². The summed E-state index contributed by atoms with van der Waals surface area (Å²) >= 11 is 5.85. The van der Waals surface area contributed by atoms with Gasteiger partial charge < -0.3 is 5.32 Å². The maximum absolute atomic E-state index is 13.0. The molecule has 1 amide bonds. The van der Waals surface area contributed by atoms with Gasteiger partial charge >= 0.3 is 0 Å². The van der Waals surface area contributed by atoms with Gasteiger partial charge in [0.15, 0.2) is 0 Å². The van der Waals surface area contributed by atoms with Gasteiger partial charge in [-0.25, -0.2) is 22.0 Å². The van der Waals surface area contributed by atoms with E-state index in [1.807, 2.05) is 0 Å². The maximum atomic E-state index is 13.0. The second-order valence-electron chi connectivity index (χ2n) is 7.09. The van der Waals surface area contributed by atoms with Gasteiger partial charge in [0.05, 0.1) is 9.92 Å². The minimum Gasteiger partial charge on any atom is -0.322 e. The highest BCUT2D eigenvalue weighted by atomic mass is 35.5. The molecular formula is C19H22ClN3O5S2. The van der Waals surface area contributed by atoms with Gasteiger partial charge in [-0.1, -0.05) is 24.1 Å². The summed E-state index contributed by atoms with van der Waals surface area (Å²) in [5.74, 6) is -0.623. The molecule has 1 fully saturated rings. The number of sulfonamides is 2. The second-order valence-corrected chi connectivity index (χ2v) is 10.9. The zero-order valence-electron chi connectivity index (χ0n) is 16.3. The van der Waals surface area contributed by atoms with Crippen LogP contribution in [0.1, 0.15) is 35.2 Å². The molecule has 0 bridgehead atoms. The number of halogens is 1. The average Bonchev–Trinajstić information content (AvgIpc) is 2.69. The first-order chi connectivity index (χ1) is 14.0. The molecule has 2 aromatic carbocycles. The zero-order valence-corrected chi connectivity index (χ0v) is 18.6. The predicted octanol–water partition coefficient (Wildman–Crippen LogP) is 2.72. The van der Waals surface area contributed by atoms with Crippen LogP contribution in [0.15, 0.2) is 46.2 Å². The van der Waals surface area contributed by atoms with E-state index in [9.17, 15) is 21.6 Å². The Morgan fingerprint density at radius 1 is 1.00 bits per heavy atom. The molecule has 0 saturated carbocycles. The van der Waals surface area contributed by atoms with Crippen molar-refractivity contribution < 1.29 is 21.6 Å². The predicted molar refractivity (Wildman–Crippen MR) is 115 cm³/mol. The Kier molecular flexibility index (Phi) is 6.54. The minimum atomic E-state index is -4.10. The first-order valence-corrected chi connectivity index (χ1v) is 12.6. The average molecular weight is 472 g/mol. The number of nitrogens with one attached hydrogen (secondary N) is 1. The Morgan fingerprint density at radius 2 is 1.67 bits per heavy atom. The SMILES string of the molecule is Cc1ccc(NC(=O)c2ccc(Cl)c(S(N)(=O)=O)c2)cc1S(=O)(=O)N1CCCCC1. The van der Waals surface area contributed by atoms with Gasteiger partial charge in [-0.2, -0.15) is 4.31 Å². The van der Waals surface area contributed by atoms with Crippen LogP contribution in [0.3, 0.4) is 0 Å². The van der Waals surface area contributed by atoms with Crippen molar-refractivity contribution in [2.75, 3.05) is 18.4 Å². The number of aryl methyl sites for hydroxylation is 1. The third-order valence-corrected chi connectivity index (χ3v) is 8.31. The summed E-state index contributed by atoms with van der Waals surface area (Å²) in [6.07, 6.45) is 2.64. The Labute approximate surface area is 181 Å². The fourth-order valence-corrected chi connectivity index (χ4v) is 6.11. The molecule has 11 heteroatoms. The Hall–Kier alpha value is -1.98. The highest BCUT2D eigenvalue weighted by Gasteiger charge is 2.27. The molecule has 8 nitrogen and oxygen atoms in total.